The molecule has 0 unspecified atom stereocenters. The molecule has 0 aliphatic heterocycles. The summed E-state index contributed by atoms with van der Waals surface area (Å²) in [7, 11) is 1.90. The van der Waals surface area contributed by atoms with Gasteiger partial charge in [-0.15, -0.1) is 0 Å². The quantitative estimate of drug-likeness (QED) is 0.729. The SMILES string of the molecule is CO[C@@H]1CC[C@@]23C[C@@H]1C[C@H]2CCc1ccccc13. The van der Waals surface area contributed by atoms with E-state index < -0.39 is 0 Å². The molecule has 0 N–H and O–H groups in total. The van der Waals surface area contributed by atoms with Crippen LogP contribution in [0.4, 0.5) is 0 Å². The molecule has 2 saturated carbocycles. The first-order valence-corrected chi connectivity index (χ1v) is 7.45. The minimum absolute atomic E-state index is 0.522. The molecule has 0 radical (unpaired) electrons. The molecule has 1 heteroatoms. The van der Waals surface area contributed by atoms with Crippen molar-refractivity contribution >= 4 is 0 Å². The molecule has 1 nitrogen and oxygen atoms in total. The van der Waals surface area contributed by atoms with Crippen LogP contribution in [0.25, 0.3) is 0 Å². The van der Waals surface area contributed by atoms with E-state index in [4.69, 9.17) is 4.74 Å². The molecule has 3 aliphatic rings. The number of hydrogen-bond acceptors (Lipinski definition) is 1. The molecule has 1 spiro atoms. The predicted molar refractivity (Wildman–Crippen MR) is 72.7 cm³/mol. The lowest BCUT2D eigenvalue weighted by atomic mass is 9.61. The summed E-state index contributed by atoms with van der Waals surface area (Å²) in [4.78, 5) is 0. The summed E-state index contributed by atoms with van der Waals surface area (Å²) in [6, 6.07) is 9.22. The van der Waals surface area contributed by atoms with Crippen LogP contribution in [0.1, 0.15) is 43.2 Å². The van der Waals surface area contributed by atoms with Gasteiger partial charge >= 0.3 is 0 Å². The summed E-state index contributed by atoms with van der Waals surface area (Å²) < 4.78 is 5.71. The Labute approximate surface area is 110 Å². The molecule has 0 amide bonds. The summed E-state index contributed by atoms with van der Waals surface area (Å²) in [6.07, 6.45) is 8.65. The molecule has 2 fully saturated rings. The maximum atomic E-state index is 5.71. The average Bonchev–Trinajstić information content (AvgIpc) is 2.73. The fraction of sp³-hybridized carbons (Fsp3) is 0.647. The third kappa shape index (κ3) is 1.31. The van der Waals surface area contributed by atoms with E-state index in [0.29, 0.717) is 11.5 Å². The van der Waals surface area contributed by atoms with Crippen molar-refractivity contribution < 1.29 is 4.74 Å². The van der Waals surface area contributed by atoms with Crippen LogP contribution in [-0.4, -0.2) is 13.2 Å². The standard InChI is InChI=1S/C17H22O/c1-18-16-8-9-17-11-13(16)10-14(17)7-6-12-4-2-3-5-15(12)17/h2-5,13-14,16H,6-11H2,1H3/t13-,14+,16+,17+/m0/s1. The van der Waals surface area contributed by atoms with Gasteiger partial charge in [0.05, 0.1) is 6.10 Å². The normalized spacial score (nSPS) is 41.3. The van der Waals surface area contributed by atoms with Crippen LogP contribution in [0.15, 0.2) is 24.3 Å². The van der Waals surface area contributed by atoms with Gasteiger partial charge in [-0.2, -0.15) is 0 Å². The van der Waals surface area contributed by atoms with Gasteiger partial charge in [-0.05, 0) is 66.9 Å². The van der Waals surface area contributed by atoms with E-state index in [1.807, 2.05) is 7.11 Å². The van der Waals surface area contributed by atoms with Crippen molar-refractivity contribution in [2.45, 2.75) is 50.0 Å². The molecule has 96 valence electrons. The number of methoxy groups -OCH3 is 1. The van der Waals surface area contributed by atoms with Gasteiger partial charge in [0.2, 0.25) is 0 Å². The maximum Gasteiger partial charge on any atom is 0.0600 e. The second-order valence-electron chi connectivity index (χ2n) is 6.56. The van der Waals surface area contributed by atoms with Gasteiger partial charge < -0.3 is 4.74 Å². The fourth-order valence-electron chi connectivity index (χ4n) is 5.26. The molecule has 3 aliphatic carbocycles. The summed E-state index contributed by atoms with van der Waals surface area (Å²) >= 11 is 0. The second-order valence-corrected chi connectivity index (χ2v) is 6.56. The Bertz CT molecular complexity index is 466. The first kappa shape index (κ1) is 11.0. The van der Waals surface area contributed by atoms with E-state index in [0.717, 1.165) is 11.8 Å². The lowest BCUT2D eigenvalue weighted by molar-refractivity contribution is 0.0232. The van der Waals surface area contributed by atoms with Crippen molar-refractivity contribution in [1.82, 2.24) is 0 Å². The molecule has 0 heterocycles. The molecule has 1 aromatic carbocycles. The Balaban J connectivity index is 1.79. The number of ether oxygens (including phenoxy) is 1. The van der Waals surface area contributed by atoms with E-state index in [-0.39, 0.29) is 0 Å². The lowest BCUT2D eigenvalue weighted by Gasteiger charge is -2.44. The van der Waals surface area contributed by atoms with Gasteiger partial charge in [0, 0.05) is 7.11 Å². The van der Waals surface area contributed by atoms with E-state index in [2.05, 4.69) is 24.3 Å². The highest BCUT2D eigenvalue weighted by Gasteiger charge is 2.54. The molecule has 0 aromatic heterocycles. The Morgan fingerprint density at radius 2 is 2.11 bits per heavy atom. The van der Waals surface area contributed by atoms with E-state index in [1.165, 1.54) is 38.5 Å². The summed E-state index contributed by atoms with van der Waals surface area (Å²) in [5, 5.41) is 0. The summed E-state index contributed by atoms with van der Waals surface area (Å²) in [6.45, 7) is 0. The zero-order valence-corrected chi connectivity index (χ0v) is 11.2. The van der Waals surface area contributed by atoms with Gasteiger partial charge in [0.15, 0.2) is 0 Å². The minimum atomic E-state index is 0.522. The Hall–Kier alpha value is -0.820. The van der Waals surface area contributed by atoms with Crippen molar-refractivity contribution in [2.75, 3.05) is 7.11 Å². The van der Waals surface area contributed by atoms with Crippen LogP contribution in [0.3, 0.4) is 0 Å². The van der Waals surface area contributed by atoms with Crippen LogP contribution in [-0.2, 0) is 16.6 Å². The third-order valence-electron chi connectivity index (χ3n) is 6.01. The van der Waals surface area contributed by atoms with E-state index in [9.17, 15) is 0 Å². The van der Waals surface area contributed by atoms with Crippen molar-refractivity contribution in [3.63, 3.8) is 0 Å². The van der Waals surface area contributed by atoms with Gasteiger partial charge in [-0.25, -0.2) is 0 Å². The lowest BCUT2D eigenvalue weighted by Crippen LogP contribution is -2.39. The number of benzene rings is 1. The molecule has 4 rings (SSSR count). The first-order valence-electron chi connectivity index (χ1n) is 7.45. The van der Waals surface area contributed by atoms with Crippen molar-refractivity contribution in [3.8, 4) is 0 Å². The van der Waals surface area contributed by atoms with Crippen LogP contribution in [0.5, 0.6) is 0 Å². The highest BCUT2D eigenvalue weighted by Crippen LogP contribution is 2.60. The van der Waals surface area contributed by atoms with Gasteiger partial charge in [-0.1, -0.05) is 24.3 Å². The second kappa shape index (κ2) is 3.84. The first-order chi connectivity index (χ1) is 8.83. The largest absolute Gasteiger partial charge is 0.381 e. The smallest absolute Gasteiger partial charge is 0.0600 e. The Kier molecular flexibility index (Phi) is 2.35. The van der Waals surface area contributed by atoms with E-state index in [1.54, 1.807) is 11.1 Å². The number of aryl methyl sites for hydroxylation is 1. The van der Waals surface area contributed by atoms with Crippen molar-refractivity contribution in [3.05, 3.63) is 35.4 Å². The molecule has 18 heavy (non-hydrogen) atoms. The maximum absolute atomic E-state index is 5.71. The Morgan fingerprint density at radius 3 is 3.00 bits per heavy atom. The Morgan fingerprint density at radius 1 is 1.22 bits per heavy atom. The summed E-state index contributed by atoms with van der Waals surface area (Å²) in [5.41, 5.74) is 3.85. The molecular formula is C17H22O. The summed E-state index contributed by atoms with van der Waals surface area (Å²) in [5.74, 6) is 1.75. The van der Waals surface area contributed by atoms with Crippen LogP contribution in [0.2, 0.25) is 0 Å². The number of hydrogen-bond donors (Lipinski definition) is 0. The van der Waals surface area contributed by atoms with Gasteiger partial charge in [-0.3, -0.25) is 0 Å². The number of rotatable bonds is 1. The van der Waals surface area contributed by atoms with E-state index >= 15 is 0 Å². The average molecular weight is 242 g/mol. The van der Waals surface area contributed by atoms with Crippen molar-refractivity contribution in [2.24, 2.45) is 11.8 Å². The zero-order chi connectivity index (χ0) is 12.2. The zero-order valence-electron chi connectivity index (χ0n) is 11.2. The van der Waals surface area contributed by atoms with Crippen LogP contribution < -0.4 is 0 Å². The van der Waals surface area contributed by atoms with Gasteiger partial charge in [0.25, 0.3) is 0 Å². The molecule has 2 bridgehead atoms. The fourth-order valence-corrected chi connectivity index (χ4v) is 5.26. The number of fused-ring (bicyclic) bond motifs is 2. The highest BCUT2D eigenvalue weighted by atomic mass is 16.5. The topological polar surface area (TPSA) is 9.23 Å². The molecular weight excluding hydrogens is 220 g/mol. The van der Waals surface area contributed by atoms with Gasteiger partial charge in [0.1, 0.15) is 0 Å². The third-order valence-corrected chi connectivity index (χ3v) is 6.01. The van der Waals surface area contributed by atoms with Crippen LogP contribution in [0, 0.1) is 11.8 Å². The minimum Gasteiger partial charge on any atom is -0.381 e. The molecule has 4 atom stereocenters. The predicted octanol–water partition coefficient (Wildman–Crippen LogP) is 3.71. The monoisotopic (exact) mass is 242 g/mol. The molecule has 1 aromatic rings. The van der Waals surface area contributed by atoms with Crippen LogP contribution >= 0.6 is 0 Å². The van der Waals surface area contributed by atoms with Crippen molar-refractivity contribution in [1.29, 1.82) is 0 Å². The molecule has 0 saturated heterocycles. The highest BCUT2D eigenvalue weighted by molar-refractivity contribution is 5.40.